The van der Waals surface area contributed by atoms with Gasteiger partial charge in [0.2, 0.25) is 5.91 Å². The molecule has 3 rings (SSSR count). The van der Waals surface area contributed by atoms with Gasteiger partial charge in [0, 0.05) is 7.05 Å². The van der Waals surface area contributed by atoms with Gasteiger partial charge in [-0.15, -0.1) is 0 Å². The molecule has 0 aromatic heterocycles. The summed E-state index contributed by atoms with van der Waals surface area (Å²) >= 11 is 0. The molecule has 0 saturated carbocycles. The summed E-state index contributed by atoms with van der Waals surface area (Å²) in [7, 11) is -2.15. The van der Waals surface area contributed by atoms with Crippen molar-refractivity contribution in [3.8, 4) is 11.1 Å². The highest BCUT2D eigenvalue weighted by Crippen LogP contribution is 2.39. The first-order chi connectivity index (χ1) is 10.0. The Morgan fingerprint density at radius 3 is 2.38 bits per heavy atom. The molecule has 1 atom stereocenters. The summed E-state index contributed by atoms with van der Waals surface area (Å²) < 4.78 is 25.3. The highest BCUT2D eigenvalue weighted by molar-refractivity contribution is 7.91. The van der Waals surface area contributed by atoms with Crippen LogP contribution in [-0.4, -0.2) is 21.4 Å². The van der Waals surface area contributed by atoms with E-state index in [1.165, 1.54) is 7.05 Å². The van der Waals surface area contributed by atoms with Gasteiger partial charge in [-0.3, -0.25) is 4.79 Å². The van der Waals surface area contributed by atoms with Crippen LogP contribution in [0.1, 0.15) is 16.4 Å². The summed E-state index contributed by atoms with van der Waals surface area (Å²) in [6, 6.07) is 14.6. The van der Waals surface area contributed by atoms with Crippen LogP contribution in [0.2, 0.25) is 0 Å². The molecule has 1 heterocycles. The van der Waals surface area contributed by atoms with Gasteiger partial charge in [0.15, 0.2) is 15.1 Å². The Hall–Kier alpha value is -2.14. The van der Waals surface area contributed by atoms with E-state index in [4.69, 9.17) is 0 Å². The standard InChI is InChI=1S/C16H15NO3S/c1-17-16(18)15-14-9-5-4-8-13(14)12-7-3-2-6-11(12)10-21(15,19)20/h2-9,15H,10H2,1H3,(H,17,18)/t15-/m1/s1. The summed E-state index contributed by atoms with van der Waals surface area (Å²) in [5.74, 6) is -0.620. The number of carbonyl (C=O) groups excluding carboxylic acids is 1. The molecule has 0 unspecified atom stereocenters. The maximum absolute atomic E-state index is 12.7. The molecule has 0 spiro atoms. The van der Waals surface area contributed by atoms with E-state index in [0.717, 1.165) is 16.7 Å². The molecule has 0 aliphatic carbocycles. The zero-order valence-electron chi connectivity index (χ0n) is 11.5. The van der Waals surface area contributed by atoms with Crippen LogP contribution >= 0.6 is 0 Å². The minimum Gasteiger partial charge on any atom is -0.358 e. The predicted octanol–water partition coefficient (Wildman–Crippen LogP) is 2.07. The Bertz CT molecular complexity index is 812. The molecule has 108 valence electrons. The van der Waals surface area contributed by atoms with Crippen LogP contribution in [0.15, 0.2) is 48.5 Å². The Morgan fingerprint density at radius 2 is 1.67 bits per heavy atom. The van der Waals surface area contributed by atoms with Crippen LogP contribution in [-0.2, 0) is 20.4 Å². The van der Waals surface area contributed by atoms with E-state index in [-0.39, 0.29) is 5.75 Å². The van der Waals surface area contributed by atoms with E-state index in [1.54, 1.807) is 18.2 Å². The van der Waals surface area contributed by atoms with E-state index in [1.807, 2.05) is 30.3 Å². The fourth-order valence-corrected chi connectivity index (χ4v) is 4.70. The lowest BCUT2D eigenvalue weighted by atomic mass is 9.94. The highest BCUT2D eigenvalue weighted by Gasteiger charge is 2.38. The van der Waals surface area contributed by atoms with Gasteiger partial charge in [-0.05, 0) is 22.3 Å². The van der Waals surface area contributed by atoms with Crippen molar-refractivity contribution in [2.75, 3.05) is 7.05 Å². The molecular formula is C16H15NO3S. The Balaban J connectivity index is 2.36. The molecule has 0 saturated heterocycles. The van der Waals surface area contributed by atoms with Gasteiger partial charge in [0.25, 0.3) is 0 Å². The van der Waals surface area contributed by atoms with Crippen LogP contribution in [0.3, 0.4) is 0 Å². The number of amides is 1. The zero-order valence-corrected chi connectivity index (χ0v) is 12.4. The Kier molecular flexibility index (Phi) is 3.29. The van der Waals surface area contributed by atoms with Crippen molar-refractivity contribution in [2.45, 2.75) is 11.0 Å². The number of fused-ring (bicyclic) bond motifs is 3. The molecule has 21 heavy (non-hydrogen) atoms. The molecule has 4 nitrogen and oxygen atoms in total. The van der Waals surface area contributed by atoms with Crippen LogP contribution in [0, 0.1) is 0 Å². The third-order valence-corrected chi connectivity index (χ3v) is 5.65. The van der Waals surface area contributed by atoms with Gasteiger partial charge in [-0.1, -0.05) is 48.5 Å². The summed E-state index contributed by atoms with van der Waals surface area (Å²) in [5.41, 5.74) is 2.96. The summed E-state index contributed by atoms with van der Waals surface area (Å²) in [5, 5.41) is 1.31. The van der Waals surface area contributed by atoms with Crippen LogP contribution in [0.4, 0.5) is 0 Å². The summed E-state index contributed by atoms with van der Waals surface area (Å²) in [6.07, 6.45) is 0. The summed E-state index contributed by atoms with van der Waals surface area (Å²) in [6.45, 7) is 0. The fraction of sp³-hybridized carbons (Fsp3) is 0.188. The lowest BCUT2D eigenvalue weighted by molar-refractivity contribution is -0.120. The van der Waals surface area contributed by atoms with E-state index >= 15 is 0 Å². The molecule has 1 aliphatic rings. The molecule has 0 fully saturated rings. The number of sulfone groups is 1. The molecule has 1 amide bonds. The van der Waals surface area contributed by atoms with Gasteiger partial charge in [-0.2, -0.15) is 0 Å². The molecule has 1 N–H and O–H groups in total. The fourth-order valence-electron chi connectivity index (χ4n) is 2.81. The second-order valence-corrected chi connectivity index (χ2v) is 7.13. The molecule has 0 radical (unpaired) electrons. The average Bonchev–Trinajstić information content (AvgIpc) is 2.57. The quantitative estimate of drug-likeness (QED) is 0.877. The van der Waals surface area contributed by atoms with Crippen molar-refractivity contribution in [3.05, 3.63) is 59.7 Å². The van der Waals surface area contributed by atoms with Crippen molar-refractivity contribution in [2.24, 2.45) is 0 Å². The first kappa shape index (κ1) is 13.8. The largest absolute Gasteiger partial charge is 0.358 e. The van der Waals surface area contributed by atoms with Crippen molar-refractivity contribution in [3.63, 3.8) is 0 Å². The Morgan fingerprint density at radius 1 is 1.05 bits per heavy atom. The first-order valence-corrected chi connectivity index (χ1v) is 8.36. The van der Waals surface area contributed by atoms with Crippen LogP contribution < -0.4 is 5.32 Å². The molecule has 2 aromatic carbocycles. The van der Waals surface area contributed by atoms with Crippen LogP contribution in [0.25, 0.3) is 11.1 Å². The van der Waals surface area contributed by atoms with Crippen molar-refractivity contribution < 1.29 is 13.2 Å². The van der Waals surface area contributed by atoms with E-state index in [2.05, 4.69) is 5.32 Å². The van der Waals surface area contributed by atoms with Gasteiger partial charge < -0.3 is 5.32 Å². The highest BCUT2D eigenvalue weighted by atomic mass is 32.2. The Labute approximate surface area is 123 Å². The molecule has 1 aliphatic heterocycles. The topological polar surface area (TPSA) is 63.2 Å². The summed E-state index contributed by atoms with van der Waals surface area (Å²) in [4.78, 5) is 12.2. The van der Waals surface area contributed by atoms with Gasteiger partial charge in [0.05, 0.1) is 5.75 Å². The van der Waals surface area contributed by atoms with E-state index in [0.29, 0.717) is 5.56 Å². The average molecular weight is 301 g/mol. The zero-order chi connectivity index (χ0) is 15.0. The number of hydrogen-bond acceptors (Lipinski definition) is 3. The molecular weight excluding hydrogens is 286 g/mol. The number of rotatable bonds is 1. The van der Waals surface area contributed by atoms with Crippen LogP contribution in [0.5, 0.6) is 0 Å². The normalized spacial score (nSPS) is 19.0. The third kappa shape index (κ3) is 2.23. The monoisotopic (exact) mass is 301 g/mol. The minimum atomic E-state index is -3.61. The number of benzene rings is 2. The number of likely N-dealkylation sites (N-methyl/N-ethyl adjacent to an activating group) is 1. The smallest absolute Gasteiger partial charge is 0.242 e. The van der Waals surface area contributed by atoms with Crippen molar-refractivity contribution >= 4 is 15.7 Å². The number of carbonyl (C=O) groups is 1. The molecule has 0 bridgehead atoms. The molecule has 5 heteroatoms. The molecule has 2 aromatic rings. The number of hydrogen-bond donors (Lipinski definition) is 1. The second kappa shape index (κ2) is 5.00. The maximum atomic E-state index is 12.7. The maximum Gasteiger partial charge on any atom is 0.242 e. The van der Waals surface area contributed by atoms with Gasteiger partial charge >= 0.3 is 0 Å². The van der Waals surface area contributed by atoms with E-state index in [9.17, 15) is 13.2 Å². The predicted molar refractivity (Wildman–Crippen MR) is 81.3 cm³/mol. The van der Waals surface area contributed by atoms with Gasteiger partial charge in [-0.25, -0.2) is 8.42 Å². The van der Waals surface area contributed by atoms with Crippen molar-refractivity contribution in [1.82, 2.24) is 5.32 Å². The van der Waals surface area contributed by atoms with Gasteiger partial charge in [0.1, 0.15) is 0 Å². The minimum absolute atomic E-state index is 0.129. The lowest BCUT2D eigenvalue weighted by Gasteiger charge is -2.16. The number of nitrogens with one attached hydrogen (secondary N) is 1. The SMILES string of the molecule is CNC(=O)[C@H]1c2ccccc2-c2ccccc2CS1(=O)=O. The third-order valence-electron chi connectivity index (χ3n) is 3.75. The van der Waals surface area contributed by atoms with E-state index < -0.39 is 21.0 Å². The second-order valence-electron chi connectivity index (χ2n) is 5.05. The lowest BCUT2D eigenvalue weighted by Crippen LogP contribution is -2.31. The van der Waals surface area contributed by atoms with Crippen molar-refractivity contribution in [1.29, 1.82) is 0 Å². The first-order valence-electron chi connectivity index (χ1n) is 6.65.